The summed E-state index contributed by atoms with van der Waals surface area (Å²) in [7, 11) is 0. The lowest BCUT2D eigenvalue weighted by atomic mass is 10.2. The molecule has 3 heterocycles. The van der Waals surface area contributed by atoms with Crippen molar-refractivity contribution in [2.75, 3.05) is 0 Å². The van der Waals surface area contributed by atoms with Crippen LogP contribution >= 0.6 is 34.7 Å². The molecule has 0 bridgehead atoms. The number of aldehydes is 1. The topological polar surface area (TPSA) is 71.5 Å². The van der Waals surface area contributed by atoms with Gasteiger partial charge in [0.05, 0.1) is 15.6 Å². The number of fused-ring (bicyclic) bond motifs is 2. The Bertz CT molecular complexity index is 1040. The quantitative estimate of drug-likeness (QED) is 0.317. The fourth-order valence-corrected chi connectivity index (χ4v) is 4.78. The Kier molecular flexibility index (Phi) is 3.99. The van der Waals surface area contributed by atoms with Gasteiger partial charge in [-0.05, 0) is 30.3 Å². The van der Waals surface area contributed by atoms with Gasteiger partial charge in [-0.2, -0.15) is 0 Å². The van der Waals surface area contributed by atoms with Gasteiger partial charge in [0.25, 0.3) is 0 Å². The number of nitrogens with one attached hydrogen (secondary N) is 1. The van der Waals surface area contributed by atoms with Crippen molar-refractivity contribution in [1.29, 1.82) is 0 Å². The SMILES string of the molecule is CCc1[nH]c2nc(Sc3nc4ccccc4s3)nc(Cl)c2c1C=O. The molecule has 0 fully saturated rings. The molecule has 120 valence electrons. The van der Waals surface area contributed by atoms with Gasteiger partial charge in [0.1, 0.15) is 10.8 Å². The molecule has 4 aromatic rings. The molecular formula is C16H11ClN4OS2. The minimum Gasteiger partial charge on any atom is -0.342 e. The smallest absolute Gasteiger partial charge is 0.198 e. The van der Waals surface area contributed by atoms with E-state index in [4.69, 9.17) is 11.6 Å². The second-order valence-electron chi connectivity index (χ2n) is 5.06. The Morgan fingerprint density at radius 1 is 1.29 bits per heavy atom. The maximum absolute atomic E-state index is 11.3. The summed E-state index contributed by atoms with van der Waals surface area (Å²) in [5.74, 6) is 0. The van der Waals surface area contributed by atoms with Crippen molar-refractivity contribution in [2.24, 2.45) is 0 Å². The van der Waals surface area contributed by atoms with E-state index in [1.165, 1.54) is 11.8 Å². The van der Waals surface area contributed by atoms with Gasteiger partial charge in [-0.15, -0.1) is 11.3 Å². The highest BCUT2D eigenvalue weighted by molar-refractivity contribution is 8.01. The molecule has 3 aromatic heterocycles. The van der Waals surface area contributed by atoms with Gasteiger partial charge in [-0.3, -0.25) is 4.79 Å². The van der Waals surface area contributed by atoms with E-state index in [2.05, 4.69) is 19.9 Å². The van der Waals surface area contributed by atoms with Gasteiger partial charge >= 0.3 is 0 Å². The first-order chi connectivity index (χ1) is 11.7. The Hall–Kier alpha value is -1.96. The molecule has 8 heteroatoms. The maximum atomic E-state index is 11.3. The van der Waals surface area contributed by atoms with Crippen LogP contribution in [0.2, 0.25) is 5.15 Å². The normalized spacial score (nSPS) is 11.4. The van der Waals surface area contributed by atoms with Gasteiger partial charge in [0, 0.05) is 11.3 Å². The number of carbonyl (C=O) groups is 1. The molecule has 0 spiro atoms. The summed E-state index contributed by atoms with van der Waals surface area (Å²) in [4.78, 5) is 27.9. The molecule has 0 saturated carbocycles. The summed E-state index contributed by atoms with van der Waals surface area (Å²) < 4.78 is 1.97. The van der Waals surface area contributed by atoms with Crippen LogP contribution in [0.1, 0.15) is 23.0 Å². The highest BCUT2D eigenvalue weighted by Crippen LogP contribution is 2.35. The lowest BCUT2D eigenvalue weighted by Crippen LogP contribution is -1.90. The average molecular weight is 375 g/mol. The van der Waals surface area contributed by atoms with E-state index < -0.39 is 0 Å². The van der Waals surface area contributed by atoms with Crippen LogP contribution < -0.4 is 0 Å². The number of hydrogen-bond donors (Lipinski definition) is 1. The molecule has 1 aromatic carbocycles. The highest BCUT2D eigenvalue weighted by Gasteiger charge is 2.17. The molecule has 24 heavy (non-hydrogen) atoms. The zero-order valence-electron chi connectivity index (χ0n) is 12.5. The van der Waals surface area contributed by atoms with Crippen LogP contribution in [0, 0.1) is 0 Å². The maximum Gasteiger partial charge on any atom is 0.198 e. The average Bonchev–Trinajstić information content (AvgIpc) is 3.14. The number of carbonyl (C=O) groups excluding carboxylic acids is 1. The number of benzene rings is 1. The fraction of sp³-hybridized carbons (Fsp3) is 0.125. The molecule has 4 rings (SSSR count). The predicted molar refractivity (Wildman–Crippen MR) is 97.4 cm³/mol. The Morgan fingerprint density at radius 3 is 2.88 bits per heavy atom. The molecule has 0 saturated heterocycles. The van der Waals surface area contributed by atoms with Crippen molar-refractivity contribution >= 4 is 62.2 Å². The molecule has 5 nitrogen and oxygen atoms in total. The van der Waals surface area contributed by atoms with Crippen molar-refractivity contribution < 1.29 is 4.79 Å². The van der Waals surface area contributed by atoms with Crippen LogP contribution in [0.25, 0.3) is 21.3 Å². The third kappa shape index (κ3) is 2.58. The zero-order chi connectivity index (χ0) is 16.7. The number of aromatic amines is 1. The molecule has 0 aliphatic heterocycles. The summed E-state index contributed by atoms with van der Waals surface area (Å²) in [6.07, 6.45) is 1.49. The zero-order valence-corrected chi connectivity index (χ0v) is 14.9. The molecule has 0 aliphatic rings. The van der Waals surface area contributed by atoms with E-state index in [-0.39, 0.29) is 5.15 Å². The number of aryl methyl sites for hydroxylation is 1. The van der Waals surface area contributed by atoms with Crippen LogP contribution in [-0.2, 0) is 6.42 Å². The van der Waals surface area contributed by atoms with Gasteiger partial charge in [0.2, 0.25) is 0 Å². The molecule has 0 amide bonds. The third-order valence-corrected chi connectivity index (χ3v) is 5.87. The van der Waals surface area contributed by atoms with Crippen LogP contribution in [0.4, 0.5) is 0 Å². The second kappa shape index (κ2) is 6.16. The summed E-state index contributed by atoms with van der Waals surface area (Å²) in [5, 5.41) is 1.37. The number of nitrogens with zero attached hydrogens (tertiary/aromatic N) is 3. The fourth-order valence-electron chi connectivity index (χ4n) is 2.53. The Morgan fingerprint density at radius 2 is 2.12 bits per heavy atom. The van der Waals surface area contributed by atoms with E-state index in [0.29, 0.717) is 28.2 Å². The highest BCUT2D eigenvalue weighted by atomic mass is 35.5. The predicted octanol–water partition coefficient (Wildman–Crippen LogP) is 4.75. The number of hydrogen-bond acceptors (Lipinski definition) is 6. The van der Waals surface area contributed by atoms with Crippen LogP contribution in [0.5, 0.6) is 0 Å². The first-order valence-electron chi connectivity index (χ1n) is 7.26. The largest absolute Gasteiger partial charge is 0.342 e. The number of thiazole rings is 1. The number of rotatable bonds is 4. The number of halogens is 1. The molecule has 0 unspecified atom stereocenters. The van der Waals surface area contributed by atoms with E-state index in [9.17, 15) is 4.79 Å². The minimum absolute atomic E-state index is 0.279. The first-order valence-corrected chi connectivity index (χ1v) is 9.27. The van der Waals surface area contributed by atoms with E-state index in [0.717, 1.165) is 26.5 Å². The van der Waals surface area contributed by atoms with Crippen LogP contribution in [0.3, 0.4) is 0 Å². The van der Waals surface area contributed by atoms with Crippen LogP contribution in [0.15, 0.2) is 33.8 Å². The lowest BCUT2D eigenvalue weighted by Gasteiger charge is -1.99. The third-order valence-electron chi connectivity index (χ3n) is 3.63. The molecular weight excluding hydrogens is 364 g/mol. The number of para-hydroxylation sites is 1. The van der Waals surface area contributed by atoms with E-state index in [1.54, 1.807) is 11.3 Å². The monoisotopic (exact) mass is 374 g/mol. The lowest BCUT2D eigenvalue weighted by molar-refractivity contribution is 0.112. The first kappa shape index (κ1) is 15.6. The van der Waals surface area contributed by atoms with Crippen molar-refractivity contribution in [3.05, 3.63) is 40.7 Å². The van der Waals surface area contributed by atoms with Crippen LogP contribution in [-0.4, -0.2) is 26.2 Å². The minimum atomic E-state index is 0.279. The van der Waals surface area contributed by atoms with E-state index in [1.807, 2.05) is 31.2 Å². The number of H-pyrrole nitrogens is 1. The van der Waals surface area contributed by atoms with Gasteiger partial charge in [-0.1, -0.05) is 30.7 Å². The van der Waals surface area contributed by atoms with Gasteiger partial charge in [0.15, 0.2) is 15.8 Å². The standard InChI is InChI=1S/C16H11ClN4OS2/c1-2-9-8(7-22)12-13(17)20-15(21-14(12)18-9)24-16-19-10-5-3-4-6-11(10)23-16/h3-7H,2H2,1H3,(H,18,20,21). The van der Waals surface area contributed by atoms with Gasteiger partial charge < -0.3 is 4.98 Å². The Labute approximate surface area is 150 Å². The van der Waals surface area contributed by atoms with Crippen molar-refractivity contribution in [3.8, 4) is 0 Å². The number of aromatic nitrogens is 4. The van der Waals surface area contributed by atoms with Crippen molar-refractivity contribution in [3.63, 3.8) is 0 Å². The molecule has 1 N–H and O–H groups in total. The van der Waals surface area contributed by atoms with Gasteiger partial charge in [-0.25, -0.2) is 15.0 Å². The van der Waals surface area contributed by atoms with E-state index >= 15 is 0 Å². The molecule has 0 radical (unpaired) electrons. The molecule has 0 aliphatic carbocycles. The summed E-state index contributed by atoms with van der Waals surface area (Å²) in [6.45, 7) is 1.97. The molecule has 0 atom stereocenters. The summed E-state index contributed by atoms with van der Waals surface area (Å²) >= 11 is 9.25. The Balaban J connectivity index is 1.78. The summed E-state index contributed by atoms with van der Waals surface area (Å²) in [6, 6.07) is 7.95. The van der Waals surface area contributed by atoms with Crippen molar-refractivity contribution in [1.82, 2.24) is 19.9 Å². The second-order valence-corrected chi connectivity index (χ2v) is 7.66. The summed E-state index contributed by atoms with van der Waals surface area (Å²) in [5.41, 5.74) is 2.89. The van der Waals surface area contributed by atoms with Crippen molar-refractivity contribution in [2.45, 2.75) is 22.8 Å².